The van der Waals surface area contributed by atoms with E-state index in [-0.39, 0.29) is 18.6 Å². The van der Waals surface area contributed by atoms with Crippen molar-refractivity contribution in [3.05, 3.63) is 22.4 Å². The minimum Gasteiger partial charge on any atom is -0.480 e. The molecule has 5 nitrogen and oxygen atoms in total. The molecule has 6 heteroatoms. The van der Waals surface area contributed by atoms with E-state index in [1.54, 1.807) is 11.3 Å². The summed E-state index contributed by atoms with van der Waals surface area (Å²) in [4.78, 5) is 23.9. The Morgan fingerprint density at radius 1 is 1.53 bits per heavy atom. The maximum absolute atomic E-state index is 11.8. The van der Waals surface area contributed by atoms with Crippen LogP contribution in [0.3, 0.4) is 0 Å². The van der Waals surface area contributed by atoms with Crippen LogP contribution in [-0.4, -0.2) is 34.6 Å². The van der Waals surface area contributed by atoms with Gasteiger partial charge in [0.05, 0.1) is 0 Å². The highest BCUT2D eigenvalue weighted by atomic mass is 32.1. The van der Waals surface area contributed by atoms with Gasteiger partial charge in [0.15, 0.2) is 0 Å². The Bertz CT molecular complexity index is 401. The second kappa shape index (κ2) is 5.18. The van der Waals surface area contributed by atoms with Crippen LogP contribution in [0.4, 0.5) is 4.79 Å². The standard InChI is InChI=1S/C11H14N2O3S/c14-10(15)6-13(9-1-2-9)11(16)12-5-8-3-4-17-7-8/h3-4,7,9H,1-2,5-6H2,(H,12,16)(H,14,15). The first kappa shape index (κ1) is 11.9. The highest BCUT2D eigenvalue weighted by Crippen LogP contribution is 2.26. The molecule has 0 aromatic carbocycles. The van der Waals surface area contributed by atoms with Gasteiger partial charge in [-0.2, -0.15) is 11.3 Å². The van der Waals surface area contributed by atoms with Gasteiger partial charge in [-0.05, 0) is 35.2 Å². The summed E-state index contributed by atoms with van der Waals surface area (Å²) < 4.78 is 0. The van der Waals surface area contributed by atoms with Crippen LogP contribution in [0.1, 0.15) is 18.4 Å². The SMILES string of the molecule is O=C(O)CN(C(=O)NCc1ccsc1)C1CC1. The van der Waals surface area contributed by atoms with Gasteiger partial charge in [0.1, 0.15) is 6.54 Å². The Balaban J connectivity index is 1.85. The number of carboxylic acid groups (broad SMARTS) is 1. The monoisotopic (exact) mass is 254 g/mol. The Kier molecular flexibility index (Phi) is 3.63. The van der Waals surface area contributed by atoms with Crippen molar-refractivity contribution >= 4 is 23.3 Å². The number of carbonyl (C=O) groups excluding carboxylic acids is 1. The van der Waals surface area contributed by atoms with E-state index in [1.807, 2.05) is 16.8 Å². The van der Waals surface area contributed by atoms with E-state index < -0.39 is 5.97 Å². The normalized spacial score (nSPS) is 14.4. The van der Waals surface area contributed by atoms with Gasteiger partial charge in [-0.3, -0.25) is 4.79 Å². The number of carbonyl (C=O) groups is 2. The van der Waals surface area contributed by atoms with Gasteiger partial charge in [-0.15, -0.1) is 0 Å². The molecule has 1 aliphatic carbocycles. The number of rotatable bonds is 5. The molecule has 1 aromatic rings. The highest BCUT2D eigenvalue weighted by Gasteiger charge is 2.33. The maximum atomic E-state index is 11.8. The van der Waals surface area contributed by atoms with E-state index in [9.17, 15) is 9.59 Å². The molecule has 0 radical (unpaired) electrons. The molecule has 1 aromatic heterocycles. The molecule has 2 rings (SSSR count). The van der Waals surface area contributed by atoms with Gasteiger partial charge in [-0.1, -0.05) is 0 Å². The predicted octanol–water partition coefficient (Wildman–Crippen LogP) is 1.51. The number of hydrogen-bond donors (Lipinski definition) is 2. The Morgan fingerprint density at radius 2 is 2.29 bits per heavy atom. The average Bonchev–Trinajstić information content (AvgIpc) is 2.99. The van der Waals surface area contributed by atoms with E-state index in [4.69, 9.17) is 5.11 Å². The van der Waals surface area contributed by atoms with Gasteiger partial charge in [-0.25, -0.2) is 4.79 Å². The molecule has 17 heavy (non-hydrogen) atoms. The third kappa shape index (κ3) is 3.45. The van der Waals surface area contributed by atoms with Gasteiger partial charge >= 0.3 is 12.0 Å². The summed E-state index contributed by atoms with van der Waals surface area (Å²) in [5, 5.41) is 15.4. The van der Waals surface area contributed by atoms with Gasteiger partial charge in [0.2, 0.25) is 0 Å². The van der Waals surface area contributed by atoms with Crippen molar-refractivity contribution in [1.82, 2.24) is 10.2 Å². The van der Waals surface area contributed by atoms with Gasteiger partial charge in [0, 0.05) is 12.6 Å². The summed E-state index contributed by atoms with van der Waals surface area (Å²) >= 11 is 1.57. The summed E-state index contributed by atoms with van der Waals surface area (Å²) in [6, 6.07) is 1.75. The molecule has 0 saturated heterocycles. The summed E-state index contributed by atoms with van der Waals surface area (Å²) in [5.41, 5.74) is 1.04. The lowest BCUT2D eigenvalue weighted by atomic mass is 10.3. The predicted molar refractivity (Wildman–Crippen MR) is 63.9 cm³/mol. The van der Waals surface area contributed by atoms with E-state index in [1.165, 1.54) is 4.90 Å². The first-order valence-corrected chi connectivity index (χ1v) is 6.38. The Hall–Kier alpha value is -1.56. The Morgan fingerprint density at radius 3 is 2.82 bits per heavy atom. The molecule has 0 aliphatic heterocycles. The summed E-state index contributed by atoms with van der Waals surface area (Å²) in [6.45, 7) is 0.227. The molecule has 1 fully saturated rings. The maximum Gasteiger partial charge on any atom is 0.323 e. The molecule has 0 spiro atoms. The number of nitrogens with one attached hydrogen (secondary N) is 1. The molecular weight excluding hydrogens is 240 g/mol. The van der Waals surface area contributed by atoms with Gasteiger partial charge in [0.25, 0.3) is 0 Å². The lowest BCUT2D eigenvalue weighted by Crippen LogP contribution is -2.43. The summed E-state index contributed by atoms with van der Waals surface area (Å²) in [6.07, 6.45) is 1.80. The highest BCUT2D eigenvalue weighted by molar-refractivity contribution is 7.07. The second-order valence-corrected chi connectivity index (χ2v) is 4.82. The van der Waals surface area contributed by atoms with Crippen LogP contribution in [-0.2, 0) is 11.3 Å². The van der Waals surface area contributed by atoms with Crippen molar-refractivity contribution in [3.63, 3.8) is 0 Å². The number of nitrogens with zero attached hydrogens (tertiary/aromatic N) is 1. The van der Waals surface area contributed by atoms with Crippen molar-refractivity contribution < 1.29 is 14.7 Å². The van der Waals surface area contributed by atoms with E-state index >= 15 is 0 Å². The molecule has 2 N–H and O–H groups in total. The topological polar surface area (TPSA) is 69.6 Å². The van der Waals surface area contributed by atoms with Crippen LogP contribution in [0.15, 0.2) is 16.8 Å². The zero-order chi connectivity index (χ0) is 12.3. The molecule has 0 atom stereocenters. The molecule has 1 saturated carbocycles. The zero-order valence-corrected chi connectivity index (χ0v) is 10.1. The van der Waals surface area contributed by atoms with Crippen molar-refractivity contribution in [3.8, 4) is 0 Å². The number of carboxylic acids is 1. The average molecular weight is 254 g/mol. The van der Waals surface area contributed by atoms with Crippen LogP contribution >= 0.6 is 11.3 Å². The summed E-state index contributed by atoms with van der Waals surface area (Å²) in [5.74, 6) is -0.970. The number of aliphatic carboxylic acids is 1. The second-order valence-electron chi connectivity index (χ2n) is 4.04. The van der Waals surface area contributed by atoms with Crippen molar-refractivity contribution in [1.29, 1.82) is 0 Å². The van der Waals surface area contributed by atoms with Crippen LogP contribution < -0.4 is 5.32 Å². The molecule has 1 aliphatic rings. The van der Waals surface area contributed by atoms with Crippen LogP contribution in [0.5, 0.6) is 0 Å². The van der Waals surface area contributed by atoms with Gasteiger partial charge < -0.3 is 15.3 Å². The first-order chi connectivity index (χ1) is 8.16. The van der Waals surface area contributed by atoms with Crippen LogP contribution in [0.25, 0.3) is 0 Å². The van der Waals surface area contributed by atoms with Crippen molar-refractivity contribution in [2.45, 2.75) is 25.4 Å². The van der Waals surface area contributed by atoms with Crippen molar-refractivity contribution in [2.75, 3.05) is 6.54 Å². The minimum atomic E-state index is -0.970. The molecular formula is C11H14N2O3S. The third-order valence-corrected chi connectivity index (χ3v) is 3.31. The fourth-order valence-electron chi connectivity index (χ4n) is 1.57. The molecule has 1 heterocycles. The molecule has 0 unspecified atom stereocenters. The Labute approximate surface area is 103 Å². The number of amides is 2. The fraction of sp³-hybridized carbons (Fsp3) is 0.455. The largest absolute Gasteiger partial charge is 0.480 e. The number of urea groups is 1. The molecule has 2 amide bonds. The van der Waals surface area contributed by atoms with Crippen LogP contribution in [0, 0.1) is 0 Å². The van der Waals surface area contributed by atoms with E-state index in [0.717, 1.165) is 18.4 Å². The van der Waals surface area contributed by atoms with E-state index in [2.05, 4.69) is 5.32 Å². The lowest BCUT2D eigenvalue weighted by Gasteiger charge is -2.20. The van der Waals surface area contributed by atoms with Crippen LogP contribution in [0.2, 0.25) is 0 Å². The minimum absolute atomic E-state index is 0.105. The smallest absolute Gasteiger partial charge is 0.323 e. The molecule has 0 bridgehead atoms. The first-order valence-electron chi connectivity index (χ1n) is 5.44. The summed E-state index contributed by atoms with van der Waals surface area (Å²) in [7, 11) is 0. The lowest BCUT2D eigenvalue weighted by molar-refractivity contribution is -0.137. The van der Waals surface area contributed by atoms with Crippen molar-refractivity contribution in [2.24, 2.45) is 0 Å². The fourth-order valence-corrected chi connectivity index (χ4v) is 2.24. The quantitative estimate of drug-likeness (QED) is 0.836. The third-order valence-electron chi connectivity index (χ3n) is 2.58. The number of hydrogen-bond acceptors (Lipinski definition) is 3. The zero-order valence-electron chi connectivity index (χ0n) is 9.26. The van der Waals surface area contributed by atoms with E-state index in [0.29, 0.717) is 6.54 Å². The molecule has 92 valence electrons. The number of thiophene rings is 1.